The summed E-state index contributed by atoms with van der Waals surface area (Å²) < 4.78 is 17.3. The van der Waals surface area contributed by atoms with Crippen LogP contribution in [0.4, 0.5) is 4.39 Å². The van der Waals surface area contributed by atoms with Crippen LogP contribution in [-0.4, -0.2) is 6.61 Å². The normalized spacial score (nSPS) is 10.8. The van der Waals surface area contributed by atoms with Gasteiger partial charge in [-0.2, -0.15) is 0 Å². The molecule has 0 spiro atoms. The standard InChI is InChI=1S/C17H17FO/c1-2-19-17-11-9-16(10-12-17)15-7-5-14(6-8-15)4-3-13-18/h3,5-13H,2,4H2,1H3. The lowest BCUT2D eigenvalue weighted by Gasteiger charge is -2.06. The molecule has 0 heterocycles. The van der Waals surface area contributed by atoms with Crippen molar-refractivity contribution in [2.75, 3.05) is 6.61 Å². The van der Waals surface area contributed by atoms with Crippen molar-refractivity contribution >= 4 is 0 Å². The van der Waals surface area contributed by atoms with Crippen molar-refractivity contribution in [1.29, 1.82) is 0 Å². The molecule has 0 aliphatic heterocycles. The molecule has 0 radical (unpaired) electrons. The molecule has 0 atom stereocenters. The van der Waals surface area contributed by atoms with Gasteiger partial charge in [-0.3, -0.25) is 0 Å². The van der Waals surface area contributed by atoms with E-state index >= 15 is 0 Å². The van der Waals surface area contributed by atoms with E-state index in [1.165, 1.54) is 6.08 Å². The molecule has 0 fully saturated rings. The van der Waals surface area contributed by atoms with E-state index < -0.39 is 0 Å². The quantitative estimate of drug-likeness (QED) is 0.748. The van der Waals surface area contributed by atoms with Gasteiger partial charge in [0.1, 0.15) is 5.75 Å². The summed E-state index contributed by atoms with van der Waals surface area (Å²) in [5.41, 5.74) is 3.40. The fraction of sp³-hybridized carbons (Fsp3) is 0.176. The number of hydrogen-bond donors (Lipinski definition) is 0. The van der Waals surface area contributed by atoms with Gasteiger partial charge in [0.15, 0.2) is 0 Å². The van der Waals surface area contributed by atoms with Gasteiger partial charge in [0.25, 0.3) is 0 Å². The van der Waals surface area contributed by atoms with Crippen molar-refractivity contribution in [3.05, 3.63) is 66.5 Å². The van der Waals surface area contributed by atoms with Crippen LogP contribution >= 0.6 is 0 Å². The van der Waals surface area contributed by atoms with Gasteiger partial charge in [-0.25, -0.2) is 4.39 Å². The van der Waals surface area contributed by atoms with Gasteiger partial charge in [-0.15, -0.1) is 0 Å². The van der Waals surface area contributed by atoms with Crippen LogP contribution in [0.3, 0.4) is 0 Å². The molecule has 0 saturated heterocycles. The SMILES string of the molecule is CCOc1ccc(-c2ccc(CC=CF)cc2)cc1. The Labute approximate surface area is 113 Å². The molecule has 98 valence electrons. The van der Waals surface area contributed by atoms with Gasteiger partial charge >= 0.3 is 0 Å². The van der Waals surface area contributed by atoms with E-state index in [0.717, 1.165) is 22.4 Å². The summed E-state index contributed by atoms with van der Waals surface area (Å²) in [5.74, 6) is 0.885. The first-order valence-corrected chi connectivity index (χ1v) is 6.41. The van der Waals surface area contributed by atoms with Crippen molar-refractivity contribution in [2.24, 2.45) is 0 Å². The highest BCUT2D eigenvalue weighted by atomic mass is 19.1. The van der Waals surface area contributed by atoms with Crippen LogP contribution in [0.1, 0.15) is 12.5 Å². The first kappa shape index (κ1) is 13.3. The molecule has 19 heavy (non-hydrogen) atoms. The van der Waals surface area contributed by atoms with Gasteiger partial charge < -0.3 is 4.74 Å². The molecule has 0 aromatic heterocycles. The summed E-state index contributed by atoms with van der Waals surface area (Å²) in [6.45, 7) is 2.65. The molecule has 2 heteroatoms. The lowest BCUT2D eigenvalue weighted by atomic mass is 10.0. The largest absolute Gasteiger partial charge is 0.494 e. The number of hydrogen-bond acceptors (Lipinski definition) is 1. The first-order valence-electron chi connectivity index (χ1n) is 6.41. The third-order valence-corrected chi connectivity index (χ3v) is 2.90. The highest BCUT2D eigenvalue weighted by Crippen LogP contribution is 2.23. The van der Waals surface area contributed by atoms with Gasteiger partial charge in [0.05, 0.1) is 12.9 Å². The molecule has 0 unspecified atom stereocenters. The van der Waals surface area contributed by atoms with E-state index in [1.54, 1.807) is 0 Å². The average Bonchev–Trinajstić information content (AvgIpc) is 2.47. The fourth-order valence-electron chi connectivity index (χ4n) is 1.92. The summed E-state index contributed by atoms with van der Waals surface area (Å²) in [7, 11) is 0. The van der Waals surface area contributed by atoms with Crippen LogP contribution in [0.25, 0.3) is 11.1 Å². The van der Waals surface area contributed by atoms with Crippen LogP contribution in [-0.2, 0) is 6.42 Å². The van der Waals surface area contributed by atoms with Crippen molar-refractivity contribution in [1.82, 2.24) is 0 Å². The Hall–Kier alpha value is -2.09. The molecule has 0 bridgehead atoms. The Kier molecular flexibility index (Phi) is 4.73. The molecule has 0 saturated carbocycles. The highest BCUT2D eigenvalue weighted by Gasteiger charge is 1.99. The van der Waals surface area contributed by atoms with Gasteiger partial charge in [-0.1, -0.05) is 42.5 Å². The predicted molar refractivity (Wildman–Crippen MR) is 77.0 cm³/mol. The maximum Gasteiger partial charge on any atom is 0.119 e. The van der Waals surface area contributed by atoms with E-state index in [2.05, 4.69) is 12.1 Å². The number of allylic oxidation sites excluding steroid dienone is 1. The summed E-state index contributed by atoms with van der Waals surface area (Å²) in [5, 5.41) is 0. The van der Waals surface area contributed by atoms with E-state index in [9.17, 15) is 4.39 Å². The minimum Gasteiger partial charge on any atom is -0.494 e. The Morgan fingerprint density at radius 1 is 0.947 bits per heavy atom. The zero-order valence-electron chi connectivity index (χ0n) is 11.0. The van der Waals surface area contributed by atoms with Crippen LogP contribution in [0.2, 0.25) is 0 Å². The number of rotatable bonds is 5. The molecule has 0 aliphatic rings. The second kappa shape index (κ2) is 6.74. The van der Waals surface area contributed by atoms with E-state index in [1.807, 2.05) is 43.3 Å². The Morgan fingerprint density at radius 2 is 1.53 bits per heavy atom. The smallest absolute Gasteiger partial charge is 0.119 e. The van der Waals surface area contributed by atoms with E-state index in [-0.39, 0.29) is 0 Å². The molecule has 2 aromatic rings. The predicted octanol–water partition coefficient (Wildman–Crippen LogP) is 4.78. The number of halogens is 1. The van der Waals surface area contributed by atoms with E-state index in [4.69, 9.17) is 4.74 Å². The zero-order chi connectivity index (χ0) is 13.5. The number of benzene rings is 2. The van der Waals surface area contributed by atoms with Crippen molar-refractivity contribution in [3.63, 3.8) is 0 Å². The second-order valence-corrected chi connectivity index (χ2v) is 4.22. The topological polar surface area (TPSA) is 9.23 Å². The zero-order valence-corrected chi connectivity index (χ0v) is 11.0. The third kappa shape index (κ3) is 3.68. The molecular formula is C17H17FO. The molecular weight excluding hydrogens is 239 g/mol. The molecule has 0 aliphatic carbocycles. The van der Waals surface area contributed by atoms with E-state index in [0.29, 0.717) is 19.4 Å². The lowest BCUT2D eigenvalue weighted by Crippen LogP contribution is -1.90. The Morgan fingerprint density at radius 3 is 2.05 bits per heavy atom. The van der Waals surface area contributed by atoms with Crippen molar-refractivity contribution < 1.29 is 9.13 Å². The van der Waals surface area contributed by atoms with Crippen LogP contribution in [0.15, 0.2) is 60.9 Å². The minimum atomic E-state index is 0.584. The summed E-state index contributed by atoms with van der Waals surface area (Å²) >= 11 is 0. The maximum absolute atomic E-state index is 11.9. The van der Waals surface area contributed by atoms with Crippen LogP contribution < -0.4 is 4.74 Å². The summed E-state index contributed by atoms with van der Waals surface area (Å²) in [4.78, 5) is 0. The Bertz CT molecular complexity index is 526. The van der Waals surface area contributed by atoms with Crippen molar-refractivity contribution in [2.45, 2.75) is 13.3 Å². The van der Waals surface area contributed by atoms with Crippen LogP contribution in [0, 0.1) is 0 Å². The Balaban J connectivity index is 2.12. The van der Waals surface area contributed by atoms with Gasteiger partial charge in [0.2, 0.25) is 0 Å². The average molecular weight is 256 g/mol. The monoisotopic (exact) mass is 256 g/mol. The van der Waals surface area contributed by atoms with Gasteiger partial charge in [0, 0.05) is 0 Å². The summed E-state index contributed by atoms with van der Waals surface area (Å²) in [6.07, 6.45) is 2.71. The molecule has 0 amide bonds. The summed E-state index contributed by atoms with van der Waals surface area (Å²) in [6, 6.07) is 16.2. The first-order chi connectivity index (χ1) is 9.33. The molecule has 2 aromatic carbocycles. The lowest BCUT2D eigenvalue weighted by molar-refractivity contribution is 0.340. The highest BCUT2D eigenvalue weighted by molar-refractivity contribution is 5.64. The third-order valence-electron chi connectivity index (χ3n) is 2.90. The maximum atomic E-state index is 11.9. The molecule has 0 N–H and O–H groups in total. The van der Waals surface area contributed by atoms with Gasteiger partial charge in [-0.05, 0) is 42.2 Å². The second-order valence-electron chi connectivity index (χ2n) is 4.22. The minimum absolute atomic E-state index is 0.584. The molecule has 1 nitrogen and oxygen atoms in total. The van der Waals surface area contributed by atoms with Crippen LogP contribution in [0.5, 0.6) is 5.75 Å². The fourth-order valence-corrected chi connectivity index (χ4v) is 1.92. The number of ether oxygens (including phenoxy) is 1. The molecule has 2 rings (SSSR count). The van der Waals surface area contributed by atoms with Crippen molar-refractivity contribution in [3.8, 4) is 16.9 Å².